The summed E-state index contributed by atoms with van der Waals surface area (Å²) in [4.78, 5) is 41.4. The molecule has 1 aliphatic carbocycles. The van der Waals surface area contributed by atoms with Crippen LogP contribution < -0.4 is 10.6 Å². The second-order valence-corrected chi connectivity index (χ2v) is 9.55. The van der Waals surface area contributed by atoms with Gasteiger partial charge < -0.3 is 19.8 Å². The number of aromatic nitrogens is 3. The van der Waals surface area contributed by atoms with E-state index in [1.807, 2.05) is 0 Å². The lowest BCUT2D eigenvalue weighted by molar-refractivity contribution is -0.158. The van der Waals surface area contributed by atoms with Gasteiger partial charge in [-0.3, -0.25) is 14.7 Å². The molecule has 1 aliphatic rings. The van der Waals surface area contributed by atoms with Crippen LogP contribution in [0.3, 0.4) is 0 Å². The number of ether oxygens (including phenoxy) is 1. The van der Waals surface area contributed by atoms with Crippen LogP contribution in [0, 0.1) is 11.8 Å². The summed E-state index contributed by atoms with van der Waals surface area (Å²) >= 11 is 0. The summed E-state index contributed by atoms with van der Waals surface area (Å²) in [5.41, 5.74) is 1.22. The molecule has 13 heteroatoms. The van der Waals surface area contributed by atoms with Crippen LogP contribution in [0.5, 0.6) is 0 Å². The van der Waals surface area contributed by atoms with Crippen molar-refractivity contribution in [2.24, 2.45) is 11.8 Å². The van der Waals surface area contributed by atoms with E-state index in [0.717, 1.165) is 0 Å². The monoisotopic (exact) mass is 547 g/mol. The summed E-state index contributed by atoms with van der Waals surface area (Å²) in [6.45, 7) is 5.39. The van der Waals surface area contributed by atoms with E-state index >= 15 is 0 Å². The number of oxazole rings is 1. The van der Waals surface area contributed by atoms with Gasteiger partial charge in [-0.25, -0.2) is 9.78 Å². The third kappa shape index (κ3) is 6.65. The van der Waals surface area contributed by atoms with E-state index in [0.29, 0.717) is 29.7 Å². The Morgan fingerprint density at radius 2 is 1.85 bits per heavy atom. The fraction of sp³-hybridized carbons (Fsp3) is 0.423. The number of nitrogens with one attached hydrogen (secondary N) is 3. The minimum Gasteiger partial charge on any atom is -0.464 e. The van der Waals surface area contributed by atoms with E-state index in [-0.39, 0.29) is 29.9 Å². The van der Waals surface area contributed by atoms with E-state index in [2.05, 4.69) is 25.8 Å². The van der Waals surface area contributed by atoms with E-state index in [9.17, 15) is 27.6 Å². The van der Waals surface area contributed by atoms with Crippen molar-refractivity contribution in [3.05, 3.63) is 48.0 Å². The molecule has 0 spiro atoms. The minimum atomic E-state index is -4.53. The van der Waals surface area contributed by atoms with Crippen molar-refractivity contribution in [2.45, 2.75) is 51.9 Å². The molecule has 10 nitrogen and oxygen atoms in total. The van der Waals surface area contributed by atoms with Gasteiger partial charge in [-0.1, -0.05) is 26.0 Å². The van der Waals surface area contributed by atoms with Crippen LogP contribution in [0.15, 0.2) is 40.9 Å². The zero-order valence-corrected chi connectivity index (χ0v) is 21.5. The maximum absolute atomic E-state index is 13.3. The number of amides is 2. The normalized spacial score (nSPS) is 15.1. The zero-order valence-electron chi connectivity index (χ0n) is 21.5. The molecule has 0 saturated heterocycles. The van der Waals surface area contributed by atoms with Gasteiger partial charge in [0, 0.05) is 11.1 Å². The average molecular weight is 548 g/mol. The Morgan fingerprint density at radius 1 is 1.13 bits per heavy atom. The van der Waals surface area contributed by atoms with Crippen LogP contribution in [-0.4, -0.2) is 57.8 Å². The summed E-state index contributed by atoms with van der Waals surface area (Å²) in [6.07, 6.45) is -2.47. The lowest BCUT2D eigenvalue weighted by atomic mass is 10.0. The molecule has 2 amide bonds. The Kier molecular flexibility index (Phi) is 8.07. The number of H-pyrrole nitrogens is 1. The van der Waals surface area contributed by atoms with Crippen molar-refractivity contribution in [1.29, 1.82) is 0 Å². The van der Waals surface area contributed by atoms with Crippen molar-refractivity contribution >= 4 is 17.8 Å². The van der Waals surface area contributed by atoms with Crippen LogP contribution in [0.2, 0.25) is 0 Å². The lowest BCUT2D eigenvalue weighted by Crippen LogP contribution is -2.47. The second-order valence-electron chi connectivity index (χ2n) is 9.55. The first-order valence-electron chi connectivity index (χ1n) is 12.4. The summed E-state index contributed by atoms with van der Waals surface area (Å²) < 4.78 is 50.5. The first kappa shape index (κ1) is 27.9. The second kappa shape index (κ2) is 11.3. The number of hydrogen-bond acceptors (Lipinski definition) is 7. The molecule has 0 bridgehead atoms. The van der Waals surface area contributed by atoms with Crippen LogP contribution in [0.4, 0.5) is 13.2 Å². The Hall–Kier alpha value is -4.16. The summed E-state index contributed by atoms with van der Waals surface area (Å²) in [5.74, 6) is -2.91. The predicted octanol–water partition coefficient (Wildman–Crippen LogP) is 4.12. The molecule has 3 N–H and O–H groups in total. The molecular weight excluding hydrogens is 519 g/mol. The molecule has 4 rings (SSSR count). The average Bonchev–Trinajstić information content (AvgIpc) is 3.37. The number of rotatable bonds is 10. The Labute approximate surface area is 221 Å². The molecule has 0 radical (unpaired) electrons. The Balaban J connectivity index is 1.47. The van der Waals surface area contributed by atoms with Gasteiger partial charge >= 0.3 is 12.1 Å². The van der Waals surface area contributed by atoms with Crippen molar-refractivity contribution in [2.75, 3.05) is 6.61 Å². The molecule has 2 heterocycles. The lowest BCUT2D eigenvalue weighted by Gasteiger charge is -2.20. The number of carbonyl (C=O) groups excluding carboxylic acids is 3. The third-order valence-electron chi connectivity index (χ3n) is 6.18. The molecule has 1 aromatic carbocycles. The molecule has 39 heavy (non-hydrogen) atoms. The quantitative estimate of drug-likeness (QED) is 0.325. The van der Waals surface area contributed by atoms with Crippen LogP contribution in [0.1, 0.15) is 54.7 Å². The van der Waals surface area contributed by atoms with Crippen molar-refractivity contribution in [3.63, 3.8) is 0 Å². The van der Waals surface area contributed by atoms with Crippen molar-refractivity contribution < 1.29 is 36.7 Å². The summed E-state index contributed by atoms with van der Waals surface area (Å²) in [6, 6.07) is 5.27. The number of benzene rings is 1. The van der Waals surface area contributed by atoms with Gasteiger partial charge in [0.1, 0.15) is 17.8 Å². The number of nitrogens with zero attached hydrogens (tertiary/aromatic N) is 2. The first-order valence-corrected chi connectivity index (χ1v) is 12.4. The smallest absolute Gasteiger partial charge is 0.408 e. The van der Waals surface area contributed by atoms with Gasteiger partial charge in [0.2, 0.25) is 11.7 Å². The number of esters is 1. The van der Waals surface area contributed by atoms with Crippen LogP contribution >= 0.6 is 0 Å². The van der Waals surface area contributed by atoms with Crippen LogP contribution in [0.25, 0.3) is 22.7 Å². The highest BCUT2D eigenvalue weighted by Crippen LogP contribution is 2.40. The predicted molar refractivity (Wildman–Crippen MR) is 132 cm³/mol. The Bertz CT molecular complexity index is 1350. The number of aromatic amines is 1. The van der Waals surface area contributed by atoms with E-state index < -0.39 is 42.0 Å². The number of alkyl halides is 3. The van der Waals surface area contributed by atoms with Gasteiger partial charge in [-0.15, -0.1) is 0 Å². The van der Waals surface area contributed by atoms with Gasteiger partial charge in [0.25, 0.3) is 11.8 Å². The maximum atomic E-state index is 13.3. The fourth-order valence-corrected chi connectivity index (χ4v) is 3.97. The molecule has 1 fully saturated rings. The number of halogens is 3. The molecule has 208 valence electrons. The molecule has 1 unspecified atom stereocenters. The molecule has 1 saturated carbocycles. The standard InChI is InChI=1S/C26H28F3N5O5/c1-4-38-25(37)20(13(2)3)31-23(36)19-12-30-24(39-19)16-7-5-6-15(10-16)17-11-18(34-33-17)22(35)32-21(14-8-9-14)26(27,28)29/h5-7,10-14,20-21H,4,8-9H2,1-3H3,(H,31,36)(H,32,35)(H,33,34)/t20-,21?/m0/s1. The number of hydrogen-bond donors (Lipinski definition) is 3. The molecule has 3 aromatic rings. The molecule has 0 aliphatic heterocycles. The zero-order chi connectivity index (χ0) is 28.3. The molecule has 2 atom stereocenters. The topological polar surface area (TPSA) is 139 Å². The van der Waals surface area contributed by atoms with Gasteiger partial charge in [0.05, 0.1) is 18.5 Å². The minimum absolute atomic E-state index is 0.110. The van der Waals surface area contributed by atoms with Crippen LogP contribution in [-0.2, 0) is 9.53 Å². The van der Waals surface area contributed by atoms with Crippen molar-refractivity contribution in [1.82, 2.24) is 25.8 Å². The summed E-state index contributed by atoms with van der Waals surface area (Å²) in [7, 11) is 0. The highest BCUT2D eigenvalue weighted by Gasteiger charge is 2.49. The van der Waals surface area contributed by atoms with Crippen molar-refractivity contribution in [3.8, 4) is 22.7 Å². The largest absolute Gasteiger partial charge is 0.464 e. The first-order chi connectivity index (χ1) is 18.5. The SMILES string of the molecule is CCOC(=O)[C@@H](NC(=O)c1cnc(-c2cccc(-c3cc(C(=O)NC(C4CC4)C(F)(F)F)[nH]n3)c2)o1)C(C)C. The Morgan fingerprint density at radius 3 is 2.49 bits per heavy atom. The summed E-state index contributed by atoms with van der Waals surface area (Å²) in [5, 5.41) is 11.2. The van der Waals surface area contributed by atoms with Gasteiger partial charge in [-0.2, -0.15) is 18.3 Å². The van der Waals surface area contributed by atoms with Gasteiger partial charge in [0.15, 0.2) is 0 Å². The van der Waals surface area contributed by atoms with Gasteiger partial charge in [-0.05, 0) is 49.8 Å². The van der Waals surface area contributed by atoms with E-state index in [4.69, 9.17) is 9.15 Å². The highest BCUT2D eigenvalue weighted by molar-refractivity contribution is 5.95. The molecular formula is C26H28F3N5O5. The highest BCUT2D eigenvalue weighted by atomic mass is 19.4. The van der Waals surface area contributed by atoms with E-state index in [1.54, 1.807) is 45.0 Å². The third-order valence-corrected chi connectivity index (χ3v) is 6.18. The maximum Gasteiger partial charge on any atom is 0.408 e. The van der Waals surface area contributed by atoms with E-state index in [1.165, 1.54) is 12.3 Å². The number of carbonyl (C=O) groups is 3. The molecule has 2 aromatic heterocycles. The fourth-order valence-electron chi connectivity index (χ4n) is 3.97.